The first-order chi connectivity index (χ1) is 25.7. The van der Waals surface area contributed by atoms with Gasteiger partial charge in [-0.15, -0.1) is 12.3 Å². The zero-order valence-electron chi connectivity index (χ0n) is 30.0. The molecule has 2 N–H and O–H groups in total. The molecular weight excluding hydrogens is 675 g/mol. The van der Waals surface area contributed by atoms with Crippen LogP contribution in [-0.4, -0.2) is 16.6 Å². The van der Waals surface area contributed by atoms with Gasteiger partial charge in [-0.2, -0.15) is 0 Å². The average Bonchev–Trinajstić information content (AvgIpc) is 3.97. The first kappa shape index (κ1) is 31.3. The number of phenolic OH excluding ortho intramolecular Hbond substituents is 1. The number of benzene rings is 3. The van der Waals surface area contributed by atoms with Crippen molar-refractivity contribution in [2.24, 2.45) is 11.8 Å². The van der Waals surface area contributed by atoms with Crippen LogP contribution in [-0.2, 0) is 9.09 Å². The Morgan fingerprint density at radius 2 is 1.57 bits per heavy atom. The van der Waals surface area contributed by atoms with Crippen molar-refractivity contribution in [3.05, 3.63) is 139 Å². The van der Waals surface area contributed by atoms with Crippen molar-refractivity contribution in [2.75, 3.05) is 6.61 Å². The standard InChI is InChI=1S/C47H43O5P/c1-4-5-12-51-53(49,50)52-47-44-39-20-37(30-14-23(3)28-16-25(17-31(30)39)26-8-6-7-9-27(26)28)42(44)46(48)43-38-21-40(45(43)47)33-19-36-34(18-32(33)38)35-15-24-11-10-22(2)13-29(24)41(35)36/h1,6-9,13-14,17-19,22,24-25,28,35,37-41,48H,3,5,10-12,15-16,20-21H2,2H3,(H,49,50)/b30-14+,31-17-/t22-,24?,25?,28?,35-,37?,38?,39?,40?,41?/m1/s1. The monoisotopic (exact) mass is 718 g/mol. The van der Waals surface area contributed by atoms with Crippen LogP contribution in [0.25, 0.3) is 0 Å². The van der Waals surface area contributed by atoms with Gasteiger partial charge in [-0.1, -0.05) is 73.7 Å². The smallest absolute Gasteiger partial charge is 0.507 e. The fourth-order valence-electron chi connectivity index (χ4n) is 13.2. The number of rotatable bonds is 5. The molecule has 0 aromatic heterocycles. The molecule has 6 bridgehead atoms. The summed E-state index contributed by atoms with van der Waals surface area (Å²) in [5, 5.41) is 12.6. The van der Waals surface area contributed by atoms with Crippen molar-refractivity contribution >= 4 is 7.82 Å². The Bertz CT molecular complexity index is 2440. The summed E-state index contributed by atoms with van der Waals surface area (Å²) in [6.45, 7) is 6.89. The van der Waals surface area contributed by atoms with Gasteiger partial charge in [0.05, 0.1) is 6.61 Å². The summed E-state index contributed by atoms with van der Waals surface area (Å²) >= 11 is 0. The molecule has 0 saturated heterocycles. The second-order valence-electron chi connectivity index (χ2n) is 17.5. The lowest BCUT2D eigenvalue weighted by Gasteiger charge is -2.38. The Balaban J connectivity index is 1.02. The number of phosphoric ester groups is 1. The van der Waals surface area contributed by atoms with E-state index in [4.69, 9.17) is 15.5 Å². The summed E-state index contributed by atoms with van der Waals surface area (Å²) in [4.78, 5) is 11.3. The van der Waals surface area contributed by atoms with E-state index in [0.29, 0.717) is 35.2 Å². The molecule has 2 saturated carbocycles. The van der Waals surface area contributed by atoms with Gasteiger partial charge in [0, 0.05) is 70.1 Å². The Hall–Kier alpha value is -4.07. The van der Waals surface area contributed by atoms with Gasteiger partial charge in [-0.25, -0.2) is 4.57 Å². The molecule has 11 atom stereocenters. The first-order valence-corrected chi connectivity index (χ1v) is 21.3. The molecule has 0 spiro atoms. The molecule has 0 amide bonds. The van der Waals surface area contributed by atoms with Gasteiger partial charge in [-0.3, -0.25) is 9.42 Å². The molecule has 0 aliphatic heterocycles. The van der Waals surface area contributed by atoms with Gasteiger partial charge in [0.25, 0.3) is 0 Å². The lowest BCUT2D eigenvalue weighted by molar-refractivity contribution is 0.206. The molecule has 9 aliphatic rings. The van der Waals surface area contributed by atoms with Gasteiger partial charge in [0.1, 0.15) is 11.5 Å². The highest BCUT2D eigenvalue weighted by Gasteiger charge is 2.57. The van der Waals surface area contributed by atoms with Crippen molar-refractivity contribution < 1.29 is 23.6 Å². The van der Waals surface area contributed by atoms with Gasteiger partial charge >= 0.3 is 7.82 Å². The van der Waals surface area contributed by atoms with Crippen LogP contribution in [0.2, 0.25) is 0 Å². The summed E-state index contributed by atoms with van der Waals surface area (Å²) < 4.78 is 25.6. The maximum absolute atomic E-state index is 13.8. The highest BCUT2D eigenvalue weighted by Crippen LogP contribution is 2.73. The van der Waals surface area contributed by atoms with Crippen molar-refractivity contribution in [1.82, 2.24) is 0 Å². The van der Waals surface area contributed by atoms with Crippen LogP contribution in [0.15, 0.2) is 83.5 Å². The van der Waals surface area contributed by atoms with Crippen LogP contribution in [0.3, 0.4) is 0 Å². The molecular formula is C47H43O5P. The van der Waals surface area contributed by atoms with Crippen molar-refractivity contribution in [2.45, 2.75) is 99.2 Å². The molecule has 53 heavy (non-hydrogen) atoms. The molecule has 9 unspecified atom stereocenters. The minimum atomic E-state index is -4.55. The van der Waals surface area contributed by atoms with E-state index in [1.54, 1.807) is 5.57 Å². The third-order valence-electron chi connectivity index (χ3n) is 15.1. The number of hydrogen-bond acceptors (Lipinski definition) is 4. The molecule has 0 radical (unpaired) electrons. The fraction of sp³-hybridized carbons (Fsp3) is 0.404. The number of terminal acetylenes is 1. The fourth-order valence-corrected chi connectivity index (χ4v) is 14.0. The Morgan fingerprint density at radius 3 is 2.40 bits per heavy atom. The van der Waals surface area contributed by atoms with Crippen LogP contribution < -0.4 is 4.52 Å². The maximum atomic E-state index is 13.8. The first-order valence-electron chi connectivity index (χ1n) is 19.8. The number of phosphoric acid groups is 1. The van der Waals surface area contributed by atoms with Crippen LogP contribution >= 0.6 is 7.82 Å². The molecule has 2 fully saturated rings. The van der Waals surface area contributed by atoms with Crippen molar-refractivity contribution in [3.8, 4) is 23.8 Å². The van der Waals surface area contributed by atoms with Gasteiger partial charge < -0.3 is 9.63 Å². The third-order valence-corrected chi connectivity index (χ3v) is 16.1. The summed E-state index contributed by atoms with van der Waals surface area (Å²) in [6.07, 6.45) is 19.5. The number of aromatic hydroxyl groups is 1. The van der Waals surface area contributed by atoms with E-state index in [1.807, 2.05) is 0 Å². The predicted octanol–water partition coefficient (Wildman–Crippen LogP) is 10.7. The third kappa shape index (κ3) is 4.00. The summed E-state index contributed by atoms with van der Waals surface area (Å²) in [7, 11) is -4.55. The molecule has 266 valence electrons. The SMILES string of the molecule is C#CCCOP(=O)(O)Oc1c2c(c(O)c3c1C1CC3c3cc4c(cc31)C1C3=C[C@H](C)CCC3C[C@H]41)C1CC2C2=C\C3CC(C(=C)/C=C\21)c1ccccc13. The van der Waals surface area contributed by atoms with E-state index in [1.165, 1.54) is 63.8 Å². The highest BCUT2D eigenvalue weighted by atomic mass is 31.2. The van der Waals surface area contributed by atoms with Gasteiger partial charge in [0.15, 0.2) is 0 Å². The Morgan fingerprint density at radius 1 is 0.849 bits per heavy atom. The van der Waals surface area contributed by atoms with Crippen LogP contribution in [0.1, 0.15) is 155 Å². The molecule has 6 heteroatoms. The average molecular weight is 719 g/mol. The van der Waals surface area contributed by atoms with Crippen molar-refractivity contribution in [1.29, 1.82) is 0 Å². The van der Waals surface area contributed by atoms with Gasteiger partial charge in [-0.05, 0) is 106 Å². The molecule has 12 rings (SSSR count). The minimum absolute atomic E-state index is 0.0196. The number of fused-ring (bicyclic) bond motifs is 27. The zero-order chi connectivity index (χ0) is 35.7. The van der Waals surface area contributed by atoms with E-state index in [0.717, 1.165) is 47.1 Å². The Kier molecular flexibility index (Phi) is 6.24. The summed E-state index contributed by atoms with van der Waals surface area (Å²) in [5.74, 6) is 6.22. The van der Waals surface area contributed by atoms with Gasteiger partial charge in [0.2, 0.25) is 0 Å². The largest absolute Gasteiger partial charge is 0.527 e. The highest BCUT2D eigenvalue weighted by molar-refractivity contribution is 7.47. The Labute approximate surface area is 311 Å². The minimum Gasteiger partial charge on any atom is -0.507 e. The molecule has 3 aromatic carbocycles. The van der Waals surface area contributed by atoms with Crippen LogP contribution in [0.4, 0.5) is 0 Å². The number of allylic oxidation sites excluding steroid dienone is 7. The summed E-state index contributed by atoms with van der Waals surface area (Å²) in [6, 6.07) is 13.7. The normalized spacial score (nSPS) is 36.6. The topological polar surface area (TPSA) is 76.0 Å². The lowest BCUT2D eigenvalue weighted by atomic mass is 9.65. The second kappa shape index (κ2) is 10.6. The lowest BCUT2D eigenvalue weighted by Crippen LogP contribution is -2.23. The molecule has 0 heterocycles. The van der Waals surface area contributed by atoms with E-state index < -0.39 is 7.82 Å². The predicted molar refractivity (Wildman–Crippen MR) is 205 cm³/mol. The van der Waals surface area contributed by atoms with E-state index in [9.17, 15) is 14.6 Å². The van der Waals surface area contributed by atoms with Crippen LogP contribution in [0, 0.1) is 24.2 Å². The number of hydrogen-bond donors (Lipinski definition) is 2. The molecule has 5 nitrogen and oxygen atoms in total. The maximum Gasteiger partial charge on any atom is 0.527 e. The van der Waals surface area contributed by atoms with E-state index >= 15 is 0 Å². The van der Waals surface area contributed by atoms with Crippen LogP contribution in [0.5, 0.6) is 11.5 Å². The van der Waals surface area contributed by atoms with Crippen molar-refractivity contribution in [3.63, 3.8) is 0 Å². The van der Waals surface area contributed by atoms with E-state index in [2.05, 4.69) is 74.0 Å². The molecule has 9 aliphatic carbocycles. The molecule has 3 aromatic rings. The second-order valence-corrected chi connectivity index (χ2v) is 18.9. The summed E-state index contributed by atoms with van der Waals surface area (Å²) in [5.41, 5.74) is 17.1. The quantitative estimate of drug-likeness (QED) is 0.119. The number of phenols is 1. The zero-order valence-corrected chi connectivity index (χ0v) is 30.9. The van der Waals surface area contributed by atoms with E-state index in [-0.39, 0.29) is 48.5 Å².